The summed E-state index contributed by atoms with van der Waals surface area (Å²) in [5.74, 6) is 0. The summed E-state index contributed by atoms with van der Waals surface area (Å²) in [6.07, 6.45) is 7.20. The van der Waals surface area contributed by atoms with Crippen LogP contribution in [0.2, 0.25) is 0 Å². The fraction of sp³-hybridized carbons (Fsp3) is 0.0645. The van der Waals surface area contributed by atoms with E-state index < -0.39 is 0 Å². The molecular weight excluding hydrogens is 442 g/mol. The molecule has 0 saturated carbocycles. The van der Waals surface area contributed by atoms with Gasteiger partial charge in [-0.15, -0.1) is 0 Å². The highest BCUT2D eigenvalue weighted by molar-refractivity contribution is 5.91. The Balaban J connectivity index is 1.18. The Labute approximate surface area is 209 Å². The van der Waals surface area contributed by atoms with Crippen LogP contribution >= 0.6 is 0 Å². The second kappa shape index (κ2) is 9.94. The van der Waals surface area contributed by atoms with E-state index >= 15 is 0 Å². The van der Waals surface area contributed by atoms with Crippen molar-refractivity contribution < 1.29 is 0 Å². The van der Waals surface area contributed by atoms with Crippen LogP contribution in [0.4, 0.5) is 0 Å². The first-order chi connectivity index (χ1) is 17.8. The van der Waals surface area contributed by atoms with Gasteiger partial charge >= 0.3 is 0 Å². The molecule has 0 aliphatic carbocycles. The van der Waals surface area contributed by atoms with Crippen molar-refractivity contribution in [3.05, 3.63) is 127 Å². The van der Waals surface area contributed by atoms with Crippen LogP contribution in [-0.2, 0) is 13.1 Å². The van der Waals surface area contributed by atoms with Gasteiger partial charge < -0.3 is 10.3 Å². The molecule has 0 spiro atoms. The quantitative estimate of drug-likeness (QED) is 0.276. The molecule has 6 aromatic rings. The Hall–Kier alpha value is -4.61. The third-order valence-corrected chi connectivity index (χ3v) is 6.35. The second-order valence-corrected chi connectivity index (χ2v) is 8.78. The molecule has 0 saturated heterocycles. The second-order valence-electron chi connectivity index (χ2n) is 8.78. The number of rotatable bonds is 7. The first-order valence-electron chi connectivity index (χ1n) is 12.0. The molecule has 0 amide bonds. The van der Waals surface area contributed by atoms with Crippen molar-refractivity contribution in [3.63, 3.8) is 0 Å². The summed E-state index contributed by atoms with van der Waals surface area (Å²) in [5.41, 5.74) is 9.95. The lowest BCUT2D eigenvalue weighted by Gasteiger charge is -2.12. The van der Waals surface area contributed by atoms with E-state index in [1.165, 1.54) is 11.1 Å². The first-order valence-corrected chi connectivity index (χ1v) is 12.0. The highest BCUT2D eigenvalue weighted by atomic mass is 14.9. The minimum atomic E-state index is 0.797. The van der Waals surface area contributed by atoms with Gasteiger partial charge in [0, 0.05) is 42.0 Å². The van der Waals surface area contributed by atoms with E-state index in [4.69, 9.17) is 4.98 Å². The van der Waals surface area contributed by atoms with Crippen LogP contribution in [0, 0.1) is 0 Å². The van der Waals surface area contributed by atoms with Crippen molar-refractivity contribution in [2.45, 2.75) is 13.1 Å². The number of nitrogens with zero attached hydrogens (tertiary/aromatic N) is 3. The van der Waals surface area contributed by atoms with E-state index in [1.54, 1.807) is 12.5 Å². The summed E-state index contributed by atoms with van der Waals surface area (Å²) in [5, 5.41) is 4.59. The summed E-state index contributed by atoms with van der Waals surface area (Å²) < 4.78 is 0. The number of imidazole rings is 1. The van der Waals surface area contributed by atoms with Crippen molar-refractivity contribution in [3.8, 4) is 33.6 Å². The normalized spacial score (nSPS) is 11.1. The summed E-state index contributed by atoms with van der Waals surface area (Å²) in [7, 11) is 0. The van der Waals surface area contributed by atoms with Crippen LogP contribution in [-0.4, -0.2) is 19.9 Å². The maximum absolute atomic E-state index is 5.02. The SMILES string of the molecule is c1ccc(-c2cc3cnccc3nc2-c2ccc(CNCc3ccc(-c4cnc[nH]4)cc3)cc2)cc1. The maximum Gasteiger partial charge on any atom is 0.0924 e. The molecule has 2 N–H and O–H groups in total. The molecule has 0 aliphatic rings. The molecule has 0 fully saturated rings. The Morgan fingerprint density at radius 3 is 2.08 bits per heavy atom. The fourth-order valence-electron chi connectivity index (χ4n) is 4.42. The van der Waals surface area contributed by atoms with Crippen LogP contribution in [0.5, 0.6) is 0 Å². The van der Waals surface area contributed by atoms with Crippen molar-refractivity contribution in [2.24, 2.45) is 0 Å². The fourth-order valence-corrected chi connectivity index (χ4v) is 4.42. The van der Waals surface area contributed by atoms with Crippen molar-refractivity contribution in [2.75, 3.05) is 0 Å². The number of hydrogen-bond acceptors (Lipinski definition) is 4. The van der Waals surface area contributed by atoms with E-state index in [2.05, 4.69) is 99.1 Å². The van der Waals surface area contributed by atoms with Crippen LogP contribution in [0.25, 0.3) is 44.5 Å². The molecular formula is C31H25N5. The van der Waals surface area contributed by atoms with Crippen LogP contribution < -0.4 is 5.32 Å². The molecule has 0 unspecified atom stereocenters. The van der Waals surface area contributed by atoms with Gasteiger partial charge in [0.15, 0.2) is 0 Å². The molecule has 0 bridgehead atoms. The van der Waals surface area contributed by atoms with Gasteiger partial charge in [0.1, 0.15) is 0 Å². The minimum absolute atomic E-state index is 0.797. The molecule has 0 atom stereocenters. The zero-order valence-corrected chi connectivity index (χ0v) is 19.7. The average molecular weight is 468 g/mol. The molecule has 0 radical (unpaired) electrons. The zero-order valence-electron chi connectivity index (χ0n) is 19.7. The number of pyridine rings is 2. The number of aromatic amines is 1. The molecule has 3 aromatic carbocycles. The first kappa shape index (κ1) is 21.9. The van der Waals surface area contributed by atoms with Crippen molar-refractivity contribution in [1.29, 1.82) is 0 Å². The van der Waals surface area contributed by atoms with Gasteiger partial charge in [-0.2, -0.15) is 0 Å². The van der Waals surface area contributed by atoms with Gasteiger partial charge in [0.05, 0.1) is 29.4 Å². The molecule has 0 aliphatic heterocycles. The van der Waals surface area contributed by atoms with Gasteiger partial charge in [0.2, 0.25) is 0 Å². The number of fused-ring (bicyclic) bond motifs is 1. The monoisotopic (exact) mass is 467 g/mol. The van der Waals surface area contributed by atoms with E-state index in [0.29, 0.717) is 0 Å². The Morgan fingerprint density at radius 2 is 1.39 bits per heavy atom. The van der Waals surface area contributed by atoms with Crippen LogP contribution in [0.3, 0.4) is 0 Å². The predicted octanol–water partition coefficient (Wildman–Crippen LogP) is 6.64. The van der Waals surface area contributed by atoms with Gasteiger partial charge in [-0.3, -0.25) is 4.98 Å². The van der Waals surface area contributed by atoms with Gasteiger partial charge in [-0.1, -0.05) is 78.9 Å². The number of aromatic nitrogens is 4. The van der Waals surface area contributed by atoms with Gasteiger partial charge in [0.25, 0.3) is 0 Å². The Morgan fingerprint density at radius 1 is 0.667 bits per heavy atom. The average Bonchev–Trinajstić information content (AvgIpc) is 3.49. The van der Waals surface area contributed by atoms with E-state index in [-0.39, 0.29) is 0 Å². The van der Waals surface area contributed by atoms with E-state index in [9.17, 15) is 0 Å². The number of hydrogen-bond donors (Lipinski definition) is 2. The standard InChI is InChI=1S/C31H25N5/c1-2-4-24(5-3-1)28-16-27-19-32-15-14-29(27)36-31(28)26-12-8-23(9-13-26)18-33-17-22-6-10-25(11-7-22)30-20-34-21-35-30/h1-16,19-21,33H,17-18H2,(H,34,35). The maximum atomic E-state index is 5.02. The lowest BCUT2D eigenvalue weighted by molar-refractivity contribution is 0.693. The smallest absolute Gasteiger partial charge is 0.0924 e. The Bertz CT molecular complexity index is 1570. The molecule has 174 valence electrons. The van der Waals surface area contributed by atoms with Crippen LogP contribution in [0.15, 0.2) is 116 Å². The van der Waals surface area contributed by atoms with Crippen LogP contribution in [0.1, 0.15) is 11.1 Å². The highest BCUT2D eigenvalue weighted by Crippen LogP contribution is 2.33. The molecule has 3 aromatic heterocycles. The topological polar surface area (TPSA) is 66.5 Å². The predicted molar refractivity (Wildman–Crippen MR) is 145 cm³/mol. The minimum Gasteiger partial charge on any atom is -0.345 e. The van der Waals surface area contributed by atoms with Gasteiger partial charge in [-0.25, -0.2) is 9.97 Å². The van der Waals surface area contributed by atoms with Gasteiger partial charge in [-0.05, 0) is 34.4 Å². The molecule has 3 heterocycles. The summed E-state index contributed by atoms with van der Waals surface area (Å²) in [4.78, 5) is 16.5. The molecule has 36 heavy (non-hydrogen) atoms. The lowest BCUT2D eigenvalue weighted by atomic mass is 9.97. The van der Waals surface area contributed by atoms with E-state index in [0.717, 1.165) is 57.6 Å². The third-order valence-electron chi connectivity index (χ3n) is 6.35. The highest BCUT2D eigenvalue weighted by Gasteiger charge is 2.11. The number of benzene rings is 3. The Kier molecular flexibility index (Phi) is 6.04. The number of H-pyrrole nitrogens is 1. The molecule has 5 nitrogen and oxygen atoms in total. The zero-order chi connectivity index (χ0) is 24.2. The summed E-state index contributed by atoms with van der Waals surface area (Å²) in [6.45, 7) is 1.61. The van der Waals surface area contributed by atoms with Crippen molar-refractivity contribution in [1.82, 2.24) is 25.3 Å². The largest absolute Gasteiger partial charge is 0.345 e. The molecule has 6 rings (SSSR count). The summed E-state index contributed by atoms with van der Waals surface area (Å²) in [6, 6.07) is 31.8. The number of nitrogens with one attached hydrogen (secondary N) is 2. The van der Waals surface area contributed by atoms with E-state index in [1.807, 2.05) is 24.5 Å². The lowest BCUT2D eigenvalue weighted by Crippen LogP contribution is -2.12. The van der Waals surface area contributed by atoms with Crippen molar-refractivity contribution >= 4 is 10.9 Å². The molecule has 5 heteroatoms. The third kappa shape index (κ3) is 4.65. The summed E-state index contributed by atoms with van der Waals surface area (Å²) >= 11 is 0.